The van der Waals surface area contributed by atoms with Crippen molar-refractivity contribution in [2.24, 2.45) is 0 Å². The lowest BCUT2D eigenvalue weighted by atomic mass is 10.00. The van der Waals surface area contributed by atoms with Gasteiger partial charge in [-0.2, -0.15) is 0 Å². The quantitative estimate of drug-likeness (QED) is 0.160. The third kappa shape index (κ3) is 7.34. The van der Waals surface area contributed by atoms with Crippen LogP contribution in [0.15, 0.2) is 54.9 Å². The maximum absolute atomic E-state index is 13.3. The first-order valence-electron chi connectivity index (χ1n) is 17.3. The number of aliphatic hydroxyl groups excluding tert-OH is 1. The molecule has 16 nitrogen and oxygen atoms in total. The first kappa shape index (κ1) is 34.7. The first-order valence-corrected chi connectivity index (χ1v) is 17.3. The van der Waals surface area contributed by atoms with Crippen molar-refractivity contribution >= 4 is 46.9 Å². The molecule has 7 rings (SSSR count). The molecule has 2 atom stereocenters. The average Bonchev–Trinajstić information content (AvgIpc) is 3.38. The maximum atomic E-state index is 13.3. The van der Waals surface area contributed by atoms with Gasteiger partial charge >= 0.3 is 0 Å². The Labute approximate surface area is 299 Å². The summed E-state index contributed by atoms with van der Waals surface area (Å²) in [5.74, 6) is -2.44. The molecule has 0 saturated carbocycles. The number of aliphatic hydroxyl groups is 1. The van der Waals surface area contributed by atoms with Gasteiger partial charge in [0.25, 0.3) is 17.7 Å². The summed E-state index contributed by atoms with van der Waals surface area (Å²) in [4.78, 5) is 89.0. The van der Waals surface area contributed by atoms with Gasteiger partial charge in [0.05, 0.1) is 23.3 Å². The highest BCUT2D eigenvalue weighted by atomic mass is 16.3. The fraction of sp³-hybridized carbons (Fsp3) is 0.389. The Morgan fingerprint density at radius 2 is 1.79 bits per heavy atom. The van der Waals surface area contributed by atoms with Crippen molar-refractivity contribution in [2.45, 2.75) is 50.4 Å². The molecule has 0 spiro atoms. The molecule has 4 aliphatic rings. The number of carbonyl (C=O) groups is 6. The van der Waals surface area contributed by atoms with Gasteiger partial charge in [0.15, 0.2) is 0 Å². The zero-order valence-corrected chi connectivity index (χ0v) is 28.3. The number of piperidine rings is 1. The topological polar surface area (TPSA) is 206 Å². The van der Waals surface area contributed by atoms with Crippen LogP contribution in [0.5, 0.6) is 0 Å². The number of anilines is 2. The number of rotatable bonds is 12. The molecule has 0 bridgehead atoms. The molecule has 2 aromatic carbocycles. The summed E-state index contributed by atoms with van der Waals surface area (Å²) >= 11 is 0. The summed E-state index contributed by atoms with van der Waals surface area (Å²) < 4.78 is 0. The molecule has 1 aromatic heterocycles. The number of amides is 6. The monoisotopic (exact) mass is 709 g/mol. The van der Waals surface area contributed by atoms with Gasteiger partial charge in [0, 0.05) is 70.4 Å². The normalized spacial score (nSPS) is 19.4. The number of likely N-dealkylation sites (tertiary alicyclic amines) is 1. The Bertz CT molecular complexity index is 1930. The smallest absolute Gasteiger partial charge is 0.270 e. The number of nitrogens with zero attached hydrogens (tertiary/aromatic N) is 5. The van der Waals surface area contributed by atoms with Crippen LogP contribution < -0.4 is 21.3 Å². The lowest BCUT2D eigenvalue weighted by Crippen LogP contribution is -2.57. The fourth-order valence-electron chi connectivity index (χ4n) is 7.04. The van der Waals surface area contributed by atoms with Crippen LogP contribution in [-0.4, -0.2) is 123 Å². The highest BCUT2D eigenvalue weighted by Crippen LogP contribution is 2.32. The van der Waals surface area contributed by atoms with Crippen molar-refractivity contribution in [3.05, 3.63) is 82.8 Å². The van der Waals surface area contributed by atoms with E-state index < -0.39 is 41.7 Å². The van der Waals surface area contributed by atoms with Crippen LogP contribution in [0, 0.1) is 0 Å². The van der Waals surface area contributed by atoms with Gasteiger partial charge in [-0.25, -0.2) is 9.97 Å². The largest absolute Gasteiger partial charge is 0.390 e. The number of benzene rings is 2. The zero-order chi connectivity index (χ0) is 36.4. The highest BCUT2D eigenvalue weighted by Gasteiger charge is 2.45. The molecular formula is C36H39N9O7. The van der Waals surface area contributed by atoms with Crippen molar-refractivity contribution in [3.63, 3.8) is 0 Å². The van der Waals surface area contributed by atoms with Gasteiger partial charge in [0.2, 0.25) is 17.7 Å². The number of hydrogen-bond acceptors (Lipinski definition) is 12. The Morgan fingerprint density at radius 1 is 0.981 bits per heavy atom. The molecule has 5 heterocycles. The van der Waals surface area contributed by atoms with Gasteiger partial charge in [-0.1, -0.05) is 30.3 Å². The van der Waals surface area contributed by atoms with E-state index in [0.717, 1.165) is 24.4 Å². The average molecular weight is 710 g/mol. The Hall–Kier alpha value is -5.74. The second-order valence-electron chi connectivity index (χ2n) is 13.4. The summed E-state index contributed by atoms with van der Waals surface area (Å²) in [6.07, 6.45) is 1.70. The molecule has 2 fully saturated rings. The molecule has 16 heteroatoms. The Balaban J connectivity index is 0.837. The second kappa shape index (κ2) is 14.9. The minimum absolute atomic E-state index is 0.0308. The molecule has 0 radical (unpaired) electrons. The molecule has 0 aliphatic carbocycles. The van der Waals surface area contributed by atoms with Crippen LogP contribution in [-0.2, 0) is 27.3 Å². The number of aromatic nitrogens is 2. The molecule has 1 unspecified atom stereocenters. The molecule has 6 amide bonds. The van der Waals surface area contributed by atoms with E-state index in [4.69, 9.17) is 0 Å². The van der Waals surface area contributed by atoms with E-state index in [9.17, 15) is 33.9 Å². The lowest BCUT2D eigenvalue weighted by molar-refractivity contribution is -0.136. The van der Waals surface area contributed by atoms with Gasteiger partial charge in [-0.15, -0.1) is 0 Å². The van der Waals surface area contributed by atoms with E-state index in [1.165, 1.54) is 29.6 Å². The molecule has 52 heavy (non-hydrogen) atoms. The van der Waals surface area contributed by atoms with E-state index in [2.05, 4.69) is 48.3 Å². The van der Waals surface area contributed by atoms with Crippen molar-refractivity contribution in [1.82, 2.24) is 35.3 Å². The van der Waals surface area contributed by atoms with E-state index in [0.29, 0.717) is 31.1 Å². The van der Waals surface area contributed by atoms with Crippen LogP contribution >= 0.6 is 0 Å². The van der Waals surface area contributed by atoms with E-state index in [1.54, 1.807) is 17.0 Å². The SMILES string of the molecule is O=C1CCC(N2C(=O)c3cccc(NCCC(=O)N4CC(Nc5cc(C(=O)NC[C@H](O)CN6CCc7ccccc7C6)ncn5)C4)c3C2=O)C(=O)N1. The zero-order valence-electron chi connectivity index (χ0n) is 28.3. The van der Waals surface area contributed by atoms with Gasteiger partial charge in [-0.05, 0) is 36.1 Å². The van der Waals surface area contributed by atoms with Crippen LogP contribution in [0.1, 0.15) is 61.6 Å². The Morgan fingerprint density at radius 3 is 2.60 bits per heavy atom. The van der Waals surface area contributed by atoms with Gasteiger partial charge in [0.1, 0.15) is 23.9 Å². The minimum Gasteiger partial charge on any atom is -0.390 e. The first-order chi connectivity index (χ1) is 25.1. The van der Waals surface area contributed by atoms with Crippen molar-refractivity contribution in [1.29, 1.82) is 0 Å². The molecular weight excluding hydrogens is 670 g/mol. The predicted molar refractivity (Wildman–Crippen MR) is 186 cm³/mol. The summed E-state index contributed by atoms with van der Waals surface area (Å²) in [7, 11) is 0. The van der Waals surface area contributed by atoms with Crippen molar-refractivity contribution in [3.8, 4) is 0 Å². The van der Waals surface area contributed by atoms with Crippen LogP contribution in [0.4, 0.5) is 11.5 Å². The molecule has 3 aromatic rings. The molecule has 270 valence electrons. The fourth-order valence-corrected chi connectivity index (χ4v) is 7.04. The number of fused-ring (bicyclic) bond motifs is 2. The number of imide groups is 2. The van der Waals surface area contributed by atoms with E-state index in [1.807, 2.05) is 12.1 Å². The Kier molecular flexibility index (Phi) is 9.91. The summed E-state index contributed by atoms with van der Waals surface area (Å²) in [5.41, 5.74) is 3.42. The number of β-amino-alcohol motifs (C(OH)–C–C–N with tert-alkyl or cyclic N) is 1. The van der Waals surface area contributed by atoms with Crippen molar-refractivity contribution in [2.75, 3.05) is 49.9 Å². The number of nitrogens with one attached hydrogen (secondary N) is 4. The molecule has 5 N–H and O–H groups in total. The van der Waals surface area contributed by atoms with Crippen LogP contribution in [0.3, 0.4) is 0 Å². The third-order valence-corrected chi connectivity index (χ3v) is 9.79. The maximum Gasteiger partial charge on any atom is 0.270 e. The highest BCUT2D eigenvalue weighted by molar-refractivity contribution is 6.25. The number of hydrogen-bond donors (Lipinski definition) is 5. The summed E-state index contributed by atoms with van der Waals surface area (Å²) in [6, 6.07) is 13.4. The molecule has 4 aliphatic heterocycles. The van der Waals surface area contributed by atoms with Crippen LogP contribution in [0.2, 0.25) is 0 Å². The summed E-state index contributed by atoms with van der Waals surface area (Å²) in [5, 5.41) is 21.8. The molecule has 2 saturated heterocycles. The van der Waals surface area contributed by atoms with Crippen LogP contribution in [0.25, 0.3) is 0 Å². The van der Waals surface area contributed by atoms with Crippen molar-refractivity contribution < 1.29 is 33.9 Å². The lowest BCUT2D eigenvalue weighted by Gasteiger charge is -2.40. The van der Waals surface area contributed by atoms with Gasteiger partial charge < -0.3 is 26.0 Å². The van der Waals surface area contributed by atoms with Gasteiger partial charge in [-0.3, -0.25) is 43.9 Å². The van der Waals surface area contributed by atoms with E-state index >= 15 is 0 Å². The van der Waals surface area contributed by atoms with E-state index in [-0.39, 0.29) is 61.1 Å². The summed E-state index contributed by atoms with van der Waals surface area (Å²) in [6.45, 7) is 3.18. The third-order valence-electron chi connectivity index (χ3n) is 9.79. The number of carbonyl (C=O) groups excluding carboxylic acids is 6. The standard InChI is InChI=1S/C36H39N9O7/c46-24(19-43-13-11-21-4-1-2-5-22(21)16-43)15-38-33(49)27-14-29(40-20-39-27)41-23-17-44(18-23)31(48)10-12-37-26-7-3-6-25-32(26)36(52)45(35(25)51)28-8-9-30(47)42-34(28)50/h1-7,14,20,23-24,28,37,46H,8-13,15-19H2,(H,38,49)(H,39,40,41)(H,42,47,50)/t24-,28?/m0/s1. The predicted octanol–water partition coefficient (Wildman–Crippen LogP) is 0.152. The minimum atomic E-state index is -1.06. The second-order valence-corrected chi connectivity index (χ2v) is 13.4.